The van der Waals surface area contributed by atoms with Gasteiger partial charge in [-0.25, -0.2) is 0 Å². The van der Waals surface area contributed by atoms with E-state index in [-0.39, 0.29) is 0 Å². The summed E-state index contributed by atoms with van der Waals surface area (Å²) in [6.07, 6.45) is 5.01. The molecule has 0 amide bonds. The number of nitrogens with zero attached hydrogens (tertiary/aromatic N) is 2. The smallest absolute Gasteiger partial charge is 0.129 e. The minimum Gasteiger partial charge on any atom is -0.394 e. The molecule has 4 heteroatoms. The van der Waals surface area contributed by atoms with Crippen molar-refractivity contribution in [3.63, 3.8) is 0 Å². The third-order valence-corrected chi connectivity index (χ3v) is 1.17. The summed E-state index contributed by atoms with van der Waals surface area (Å²) in [5.74, 6) is 0. The minimum absolute atomic E-state index is 0.441. The Morgan fingerprint density at radius 3 is 3.25 bits per heavy atom. The number of rotatable bonds is 4. The Labute approximate surface area is 71.0 Å². The third-order valence-electron chi connectivity index (χ3n) is 1.17. The second-order valence-electron chi connectivity index (χ2n) is 2.14. The van der Waals surface area contributed by atoms with Crippen LogP contribution in [-0.4, -0.2) is 24.4 Å². The Morgan fingerprint density at radius 1 is 1.67 bits per heavy atom. The summed E-state index contributed by atoms with van der Waals surface area (Å²) in [5, 5.41) is 3.69. The van der Waals surface area contributed by atoms with E-state index in [1.165, 1.54) is 0 Å². The quantitative estimate of drug-likeness (QED) is 0.399. The summed E-state index contributed by atoms with van der Waals surface area (Å²) in [7, 11) is 0. The van der Waals surface area contributed by atoms with Gasteiger partial charge in [-0.1, -0.05) is 11.2 Å². The molecule has 0 aliphatic carbocycles. The van der Waals surface area contributed by atoms with Gasteiger partial charge in [0.1, 0.15) is 6.61 Å². The molecule has 0 aliphatic heterocycles. The molecule has 1 rings (SSSR count). The van der Waals surface area contributed by atoms with E-state index in [0.29, 0.717) is 13.2 Å². The molecule has 0 saturated heterocycles. The fourth-order valence-electron chi connectivity index (χ4n) is 0.656. The van der Waals surface area contributed by atoms with Crippen LogP contribution in [-0.2, 0) is 4.84 Å². The number of oxime groups is 1. The molecule has 0 fully saturated rings. The van der Waals surface area contributed by atoms with Crippen molar-refractivity contribution in [1.82, 2.24) is 4.98 Å². The number of hydrogen-bond acceptors (Lipinski definition) is 4. The third kappa shape index (κ3) is 3.12. The van der Waals surface area contributed by atoms with Gasteiger partial charge in [-0.15, -0.1) is 0 Å². The molecule has 0 aliphatic rings. The normalized spacial score (nSPS) is 10.4. The van der Waals surface area contributed by atoms with Crippen molar-refractivity contribution in [2.24, 2.45) is 10.9 Å². The average molecular weight is 165 g/mol. The molecule has 0 unspecified atom stereocenters. The summed E-state index contributed by atoms with van der Waals surface area (Å²) < 4.78 is 0. The molecule has 64 valence electrons. The molecule has 12 heavy (non-hydrogen) atoms. The maximum Gasteiger partial charge on any atom is 0.129 e. The van der Waals surface area contributed by atoms with Crippen molar-refractivity contribution in [3.8, 4) is 0 Å². The molecule has 0 aromatic carbocycles. The largest absolute Gasteiger partial charge is 0.394 e. The van der Waals surface area contributed by atoms with E-state index in [9.17, 15) is 0 Å². The highest BCUT2D eigenvalue weighted by Crippen LogP contribution is 1.90. The van der Waals surface area contributed by atoms with Crippen molar-refractivity contribution >= 4 is 6.21 Å². The molecule has 0 saturated carbocycles. The lowest BCUT2D eigenvalue weighted by atomic mass is 10.3. The summed E-state index contributed by atoms with van der Waals surface area (Å²) in [4.78, 5) is 8.72. The lowest BCUT2D eigenvalue weighted by Gasteiger charge is -1.93. The van der Waals surface area contributed by atoms with Gasteiger partial charge in [-0.05, 0) is 6.07 Å². The van der Waals surface area contributed by atoms with Crippen LogP contribution in [0, 0.1) is 0 Å². The van der Waals surface area contributed by atoms with E-state index in [1.807, 2.05) is 12.1 Å². The van der Waals surface area contributed by atoms with Gasteiger partial charge >= 0.3 is 0 Å². The Morgan fingerprint density at radius 2 is 2.58 bits per heavy atom. The van der Waals surface area contributed by atoms with Gasteiger partial charge in [0.25, 0.3) is 0 Å². The Kier molecular flexibility index (Phi) is 3.80. The lowest BCUT2D eigenvalue weighted by molar-refractivity contribution is 0.154. The Balaban J connectivity index is 2.36. The zero-order valence-corrected chi connectivity index (χ0v) is 6.68. The molecule has 0 atom stereocenters. The predicted molar refractivity (Wildman–Crippen MR) is 46.8 cm³/mol. The second kappa shape index (κ2) is 5.26. The van der Waals surface area contributed by atoms with Gasteiger partial charge < -0.3 is 10.6 Å². The zero-order valence-electron chi connectivity index (χ0n) is 6.68. The molecule has 4 nitrogen and oxygen atoms in total. The highest BCUT2D eigenvalue weighted by molar-refractivity contribution is 5.78. The maximum absolute atomic E-state index is 5.20. The number of pyridine rings is 1. The van der Waals surface area contributed by atoms with Gasteiger partial charge in [-0.2, -0.15) is 0 Å². The molecule has 0 spiro atoms. The van der Waals surface area contributed by atoms with Crippen LogP contribution in [0.5, 0.6) is 0 Å². The summed E-state index contributed by atoms with van der Waals surface area (Å²) in [5.41, 5.74) is 6.11. The fourth-order valence-corrected chi connectivity index (χ4v) is 0.656. The SMILES string of the molecule is NCCO/N=C/c1cccnc1. The van der Waals surface area contributed by atoms with Crippen molar-refractivity contribution in [3.05, 3.63) is 30.1 Å². The Bertz CT molecular complexity index is 235. The van der Waals surface area contributed by atoms with E-state index < -0.39 is 0 Å². The highest BCUT2D eigenvalue weighted by atomic mass is 16.6. The molecule has 1 aromatic rings. The predicted octanol–water partition coefficient (Wildman–Crippen LogP) is 0.391. The standard InChI is InChI=1S/C8H11N3O/c9-3-5-12-11-7-8-2-1-4-10-6-8/h1-2,4,6-7H,3,5,9H2/b11-7+. The zero-order chi connectivity index (χ0) is 8.65. The maximum atomic E-state index is 5.20. The van der Waals surface area contributed by atoms with E-state index >= 15 is 0 Å². The number of aromatic nitrogens is 1. The van der Waals surface area contributed by atoms with E-state index in [4.69, 9.17) is 10.6 Å². The molecule has 1 heterocycles. The van der Waals surface area contributed by atoms with Crippen molar-refractivity contribution in [2.45, 2.75) is 0 Å². The van der Waals surface area contributed by atoms with Crippen LogP contribution >= 0.6 is 0 Å². The van der Waals surface area contributed by atoms with Crippen LogP contribution in [0.4, 0.5) is 0 Å². The van der Waals surface area contributed by atoms with Crippen LogP contribution in [0.2, 0.25) is 0 Å². The molecule has 1 aromatic heterocycles. The number of hydrogen-bond donors (Lipinski definition) is 1. The van der Waals surface area contributed by atoms with Crippen LogP contribution in [0.1, 0.15) is 5.56 Å². The van der Waals surface area contributed by atoms with Crippen LogP contribution in [0.3, 0.4) is 0 Å². The molecule has 0 bridgehead atoms. The topological polar surface area (TPSA) is 60.5 Å². The first-order chi connectivity index (χ1) is 5.93. The minimum atomic E-state index is 0.441. The highest BCUT2D eigenvalue weighted by Gasteiger charge is 1.83. The van der Waals surface area contributed by atoms with Gasteiger partial charge in [0.05, 0.1) is 6.21 Å². The van der Waals surface area contributed by atoms with Gasteiger partial charge in [-0.3, -0.25) is 4.98 Å². The van der Waals surface area contributed by atoms with E-state index in [2.05, 4.69) is 10.1 Å². The fraction of sp³-hybridized carbons (Fsp3) is 0.250. The molecule has 0 radical (unpaired) electrons. The lowest BCUT2D eigenvalue weighted by Crippen LogP contribution is -2.05. The first kappa shape index (κ1) is 8.67. The van der Waals surface area contributed by atoms with Gasteiger partial charge in [0.2, 0.25) is 0 Å². The van der Waals surface area contributed by atoms with Crippen molar-refractivity contribution in [2.75, 3.05) is 13.2 Å². The summed E-state index contributed by atoms with van der Waals surface area (Å²) in [6.45, 7) is 0.918. The molecular weight excluding hydrogens is 154 g/mol. The average Bonchev–Trinajstić information content (AvgIpc) is 2.14. The monoisotopic (exact) mass is 165 g/mol. The van der Waals surface area contributed by atoms with Crippen LogP contribution < -0.4 is 5.73 Å². The van der Waals surface area contributed by atoms with Gasteiger partial charge in [0, 0.05) is 24.5 Å². The second-order valence-corrected chi connectivity index (χ2v) is 2.14. The van der Waals surface area contributed by atoms with Gasteiger partial charge in [0.15, 0.2) is 0 Å². The van der Waals surface area contributed by atoms with Crippen LogP contribution in [0.15, 0.2) is 29.7 Å². The Hall–Kier alpha value is -1.42. The van der Waals surface area contributed by atoms with Crippen molar-refractivity contribution < 1.29 is 4.84 Å². The van der Waals surface area contributed by atoms with Crippen molar-refractivity contribution in [1.29, 1.82) is 0 Å². The number of nitrogens with two attached hydrogens (primary N) is 1. The van der Waals surface area contributed by atoms with Crippen LogP contribution in [0.25, 0.3) is 0 Å². The first-order valence-electron chi connectivity index (χ1n) is 3.69. The molecular formula is C8H11N3O. The summed E-state index contributed by atoms with van der Waals surface area (Å²) >= 11 is 0. The van der Waals surface area contributed by atoms with E-state index in [0.717, 1.165) is 5.56 Å². The summed E-state index contributed by atoms with van der Waals surface area (Å²) in [6, 6.07) is 3.73. The molecule has 2 N–H and O–H groups in total. The first-order valence-corrected chi connectivity index (χ1v) is 3.69. The van der Waals surface area contributed by atoms with E-state index in [1.54, 1.807) is 18.6 Å².